The molecule has 0 aliphatic carbocycles. The van der Waals surface area contributed by atoms with Crippen molar-refractivity contribution in [3.63, 3.8) is 0 Å². The summed E-state index contributed by atoms with van der Waals surface area (Å²) in [7, 11) is 2.01. The molecule has 1 aromatic heterocycles. The summed E-state index contributed by atoms with van der Waals surface area (Å²) in [5, 5.41) is 3.46. The molecule has 3 N–H and O–H groups in total. The predicted molar refractivity (Wildman–Crippen MR) is 96.7 cm³/mol. The third-order valence-electron chi connectivity index (χ3n) is 4.20. The average molecular weight is 343 g/mol. The summed E-state index contributed by atoms with van der Waals surface area (Å²) < 4.78 is 0. The van der Waals surface area contributed by atoms with Crippen LogP contribution in [0.15, 0.2) is 18.2 Å². The number of hydrogen-bond donors (Lipinski definition) is 2. The first-order valence-corrected chi connectivity index (χ1v) is 8.69. The minimum atomic E-state index is -0.487. The third-order valence-corrected chi connectivity index (χ3v) is 5.40. The number of primary amides is 1. The van der Waals surface area contributed by atoms with Gasteiger partial charge in [-0.05, 0) is 45.0 Å². The summed E-state index contributed by atoms with van der Waals surface area (Å²) in [6, 6.07) is 5.70. The molecule has 1 aliphatic heterocycles. The second-order valence-corrected chi connectivity index (χ2v) is 7.50. The van der Waals surface area contributed by atoms with Gasteiger partial charge in [-0.15, -0.1) is 11.3 Å². The Kier molecular flexibility index (Phi) is 4.43. The first-order valence-electron chi connectivity index (χ1n) is 7.87. The van der Waals surface area contributed by atoms with Crippen molar-refractivity contribution in [1.29, 1.82) is 0 Å². The maximum atomic E-state index is 12.6. The Hall–Kier alpha value is -2.18. The first kappa shape index (κ1) is 16.7. The molecule has 6 heteroatoms. The zero-order valence-corrected chi connectivity index (χ0v) is 14.9. The van der Waals surface area contributed by atoms with Crippen molar-refractivity contribution in [2.75, 3.05) is 18.9 Å². The highest BCUT2D eigenvalue weighted by atomic mass is 32.1. The van der Waals surface area contributed by atoms with Crippen LogP contribution < -0.4 is 11.1 Å². The van der Waals surface area contributed by atoms with Gasteiger partial charge in [0.15, 0.2) is 0 Å². The highest BCUT2D eigenvalue weighted by Gasteiger charge is 2.26. The topological polar surface area (TPSA) is 75.4 Å². The molecule has 0 spiro atoms. The molecule has 0 unspecified atom stereocenters. The second kappa shape index (κ2) is 6.37. The molecule has 0 saturated heterocycles. The van der Waals surface area contributed by atoms with Crippen LogP contribution >= 0.6 is 11.3 Å². The molecule has 0 bridgehead atoms. The zero-order chi connectivity index (χ0) is 17.4. The van der Waals surface area contributed by atoms with E-state index in [9.17, 15) is 9.59 Å². The number of hydrogen-bond acceptors (Lipinski definition) is 4. The molecule has 1 aromatic carbocycles. The Morgan fingerprint density at radius 1 is 1.21 bits per heavy atom. The van der Waals surface area contributed by atoms with Crippen LogP contribution in [0.4, 0.5) is 5.00 Å². The lowest BCUT2D eigenvalue weighted by Crippen LogP contribution is -2.27. The monoisotopic (exact) mass is 343 g/mol. The highest BCUT2D eigenvalue weighted by molar-refractivity contribution is 7.17. The summed E-state index contributed by atoms with van der Waals surface area (Å²) in [5.41, 5.74) is 9.65. The van der Waals surface area contributed by atoms with E-state index < -0.39 is 5.91 Å². The summed E-state index contributed by atoms with van der Waals surface area (Å²) in [6.07, 6.45) is 0.871. The van der Waals surface area contributed by atoms with E-state index in [1.807, 2.05) is 39.1 Å². The fraction of sp³-hybridized carbons (Fsp3) is 0.333. The van der Waals surface area contributed by atoms with Gasteiger partial charge in [0.2, 0.25) is 0 Å². The van der Waals surface area contributed by atoms with Gasteiger partial charge in [0.25, 0.3) is 11.8 Å². The minimum absolute atomic E-state index is 0.212. The lowest BCUT2D eigenvalue weighted by molar-refractivity contribution is 0.0999. The number of carbonyl (C=O) groups is 2. The van der Waals surface area contributed by atoms with Gasteiger partial charge >= 0.3 is 0 Å². The SMILES string of the molecule is Cc1cc(C)cc(C(=O)Nc2sc3c(c2C(N)=O)CN(C)CC3)c1. The molecule has 126 valence electrons. The van der Waals surface area contributed by atoms with Gasteiger partial charge in [0.05, 0.1) is 5.56 Å². The van der Waals surface area contributed by atoms with Crippen molar-refractivity contribution in [3.05, 3.63) is 50.9 Å². The molecular weight excluding hydrogens is 322 g/mol. The molecule has 2 amide bonds. The summed E-state index contributed by atoms with van der Waals surface area (Å²) >= 11 is 1.46. The van der Waals surface area contributed by atoms with Crippen LogP contribution in [0.1, 0.15) is 42.3 Å². The van der Waals surface area contributed by atoms with Crippen molar-refractivity contribution in [2.45, 2.75) is 26.8 Å². The van der Waals surface area contributed by atoms with Gasteiger partial charge in [0.1, 0.15) is 5.00 Å². The molecule has 3 rings (SSSR count). The van der Waals surface area contributed by atoms with Crippen LogP contribution in [-0.2, 0) is 13.0 Å². The number of nitrogens with zero attached hydrogens (tertiary/aromatic N) is 1. The van der Waals surface area contributed by atoms with Crippen LogP contribution in [0.2, 0.25) is 0 Å². The van der Waals surface area contributed by atoms with E-state index in [2.05, 4.69) is 10.2 Å². The van der Waals surface area contributed by atoms with E-state index in [-0.39, 0.29) is 5.91 Å². The van der Waals surface area contributed by atoms with Crippen LogP contribution in [0, 0.1) is 13.8 Å². The molecule has 0 fully saturated rings. The van der Waals surface area contributed by atoms with Crippen LogP contribution in [0.5, 0.6) is 0 Å². The predicted octanol–water partition coefficient (Wildman–Crippen LogP) is 2.70. The number of aryl methyl sites for hydroxylation is 2. The number of anilines is 1. The quantitative estimate of drug-likeness (QED) is 0.900. The summed E-state index contributed by atoms with van der Waals surface area (Å²) in [4.78, 5) is 27.8. The fourth-order valence-corrected chi connectivity index (χ4v) is 4.35. The van der Waals surface area contributed by atoms with Gasteiger partial charge in [-0.25, -0.2) is 0 Å². The smallest absolute Gasteiger partial charge is 0.256 e. The van der Waals surface area contributed by atoms with Crippen LogP contribution in [-0.4, -0.2) is 30.3 Å². The van der Waals surface area contributed by atoms with Crippen molar-refractivity contribution >= 4 is 28.2 Å². The fourth-order valence-electron chi connectivity index (χ4n) is 3.15. The highest BCUT2D eigenvalue weighted by Crippen LogP contribution is 2.36. The maximum absolute atomic E-state index is 12.6. The lowest BCUT2D eigenvalue weighted by Gasteiger charge is -2.22. The first-order chi connectivity index (χ1) is 11.3. The Morgan fingerprint density at radius 2 is 1.88 bits per heavy atom. The number of nitrogens with two attached hydrogens (primary N) is 1. The Balaban J connectivity index is 1.95. The Bertz CT molecular complexity index is 806. The lowest BCUT2D eigenvalue weighted by atomic mass is 10.0. The van der Waals surface area contributed by atoms with E-state index in [1.54, 1.807) is 0 Å². The van der Waals surface area contributed by atoms with Crippen molar-refractivity contribution in [3.8, 4) is 0 Å². The van der Waals surface area contributed by atoms with E-state index in [1.165, 1.54) is 11.3 Å². The standard InChI is InChI=1S/C18H21N3O2S/c1-10-6-11(2)8-12(7-10)17(23)20-18-15(16(19)22)13-9-21(3)5-4-14(13)24-18/h6-8H,4-5,9H2,1-3H3,(H2,19,22)(H,20,23). The Morgan fingerprint density at radius 3 is 2.50 bits per heavy atom. The molecule has 0 atom stereocenters. The largest absolute Gasteiger partial charge is 0.365 e. The molecule has 2 aromatic rings. The normalized spacial score (nSPS) is 14.3. The molecule has 24 heavy (non-hydrogen) atoms. The second-order valence-electron chi connectivity index (χ2n) is 6.39. The third kappa shape index (κ3) is 3.20. The summed E-state index contributed by atoms with van der Waals surface area (Å²) in [5.74, 6) is -0.699. The van der Waals surface area contributed by atoms with Crippen molar-refractivity contribution < 1.29 is 9.59 Å². The maximum Gasteiger partial charge on any atom is 0.256 e. The molecule has 0 saturated carbocycles. The molecule has 2 heterocycles. The zero-order valence-electron chi connectivity index (χ0n) is 14.1. The number of fused-ring (bicyclic) bond motifs is 1. The van der Waals surface area contributed by atoms with Gasteiger partial charge in [0, 0.05) is 23.5 Å². The minimum Gasteiger partial charge on any atom is -0.365 e. The van der Waals surface area contributed by atoms with Gasteiger partial charge in [-0.2, -0.15) is 0 Å². The van der Waals surface area contributed by atoms with E-state index in [4.69, 9.17) is 5.73 Å². The molecule has 1 aliphatic rings. The van der Waals surface area contributed by atoms with Crippen LogP contribution in [0.25, 0.3) is 0 Å². The van der Waals surface area contributed by atoms with Crippen molar-refractivity contribution in [2.24, 2.45) is 5.73 Å². The number of nitrogens with one attached hydrogen (secondary N) is 1. The molecular formula is C18H21N3O2S. The van der Waals surface area contributed by atoms with Crippen molar-refractivity contribution in [1.82, 2.24) is 4.90 Å². The number of likely N-dealkylation sites (N-methyl/N-ethyl adjacent to an activating group) is 1. The van der Waals surface area contributed by atoms with E-state index >= 15 is 0 Å². The van der Waals surface area contributed by atoms with Gasteiger partial charge < -0.3 is 16.0 Å². The number of rotatable bonds is 3. The number of amides is 2. The summed E-state index contributed by atoms with van der Waals surface area (Å²) in [6.45, 7) is 5.54. The average Bonchev–Trinajstić information content (AvgIpc) is 2.83. The van der Waals surface area contributed by atoms with E-state index in [0.717, 1.165) is 34.5 Å². The van der Waals surface area contributed by atoms with E-state index in [0.29, 0.717) is 22.7 Å². The number of benzene rings is 1. The van der Waals surface area contributed by atoms with Gasteiger partial charge in [-0.1, -0.05) is 17.2 Å². The molecule has 5 nitrogen and oxygen atoms in total. The Labute approximate surface area is 145 Å². The molecule has 0 radical (unpaired) electrons. The number of carbonyl (C=O) groups excluding carboxylic acids is 2. The van der Waals surface area contributed by atoms with Gasteiger partial charge in [-0.3, -0.25) is 9.59 Å². The van der Waals surface area contributed by atoms with Crippen LogP contribution in [0.3, 0.4) is 0 Å². The number of thiophene rings is 1.